The van der Waals surface area contributed by atoms with Crippen LogP contribution in [0.3, 0.4) is 0 Å². The third-order valence-electron chi connectivity index (χ3n) is 5.61. The third-order valence-corrected chi connectivity index (χ3v) is 5.61. The molecule has 0 spiro atoms. The molecule has 2 amide bonds. The highest BCUT2D eigenvalue weighted by atomic mass is 16.5. The van der Waals surface area contributed by atoms with Gasteiger partial charge in [0.2, 0.25) is 0 Å². The lowest BCUT2D eigenvalue weighted by molar-refractivity contribution is -0.120. The van der Waals surface area contributed by atoms with Gasteiger partial charge in [0.1, 0.15) is 11.6 Å². The highest BCUT2D eigenvalue weighted by Crippen LogP contribution is 2.39. The molecule has 1 aromatic carbocycles. The first-order valence-electron chi connectivity index (χ1n) is 9.32. The fourth-order valence-electron chi connectivity index (χ4n) is 3.74. The molecule has 0 bridgehead atoms. The van der Waals surface area contributed by atoms with Crippen LogP contribution in [0.15, 0.2) is 18.2 Å². The average Bonchev–Trinajstić information content (AvgIpc) is 3.43. The van der Waals surface area contributed by atoms with Crippen LogP contribution in [0.4, 0.5) is 5.69 Å². The molecule has 2 aliphatic heterocycles. The van der Waals surface area contributed by atoms with Gasteiger partial charge in [0.05, 0.1) is 18.3 Å². The summed E-state index contributed by atoms with van der Waals surface area (Å²) in [6, 6.07) is 5.11. The van der Waals surface area contributed by atoms with Gasteiger partial charge in [-0.15, -0.1) is 0 Å². The first kappa shape index (κ1) is 16.3. The average molecular weight is 367 g/mol. The Bertz CT molecular complexity index is 949. The molecule has 3 aliphatic rings. The zero-order valence-electron chi connectivity index (χ0n) is 15.4. The maximum atomic E-state index is 13.2. The van der Waals surface area contributed by atoms with Gasteiger partial charge in [-0.05, 0) is 38.0 Å². The molecule has 1 aromatic heterocycles. The fraction of sp³-hybridized carbons (Fsp3) is 0.474. The van der Waals surface area contributed by atoms with Crippen molar-refractivity contribution < 1.29 is 14.3 Å². The van der Waals surface area contributed by atoms with Crippen LogP contribution in [0.2, 0.25) is 0 Å². The van der Waals surface area contributed by atoms with Crippen molar-refractivity contribution in [2.45, 2.75) is 38.3 Å². The molecule has 1 atom stereocenters. The zero-order valence-corrected chi connectivity index (χ0v) is 15.4. The van der Waals surface area contributed by atoms with Crippen LogP contribution in [-0.4, -0.2) is 51.7 Å². The van der Waals surface area contributed by atoms with Crippen LogP contribution in [0, 0.1) is 0 Å². The number of carbonyl (C=O) groups is 2. The van der Waals surface area contributed by atoms with Crippen molar-refractivity contribution in [1.29, 1.82) is 0 Å². The van der Waals surface area contributed by atoms with Crippen LogP contribution >= 0.6 is 0 Å². The minimum Gasteiger partial charge on any atom is -0.482 e. The van der Waals surface area contributed by atoms with Gasteiger partial charge < -0.3 is 14.5 Å². The summed E-state index contributed by atoms with van der Waals surface area (Å²) < 4.78 is 7.39. The number of hydrogen-bond acceptors (Lipinski definition) is 5. The zero-order chi connectivity index (χ0) is 18.7. The summed E-state index contributed by atoms with van der Waals surface area (Å²) in [6.45, 7) is 3.25. The van der Waals surface area contributed by atoms with E-state index in [9.17, 15) is 9.59 Å². The van der Waals surface area contributed by atoms with Crippen LogP contribution in [0.1, 0.15) is 53.7 Å². The summed E-state index contributed by atoms with van der Waals surface area (Å²) in [5, 5.41) is 4.61. The van der Waals surface area contributed by atoms with Gasteiger partial charge >= 0.3 is 0 Å². The fourth-order valence-corrected chi connectivity index (χ4v) is 3.74. The van der Waals surface area contributed by atoms with Crippen molar-refractivity contribution in [1.82, 2.24) is 19.7 Å². The number of nitrogens with zero attached hydrogens (tertiary/aromatic N) is 5. The number of carbonyl (C=O) groups excluding carboxylic acids is 2. The second-order valence-corrected chi connectivity index (χ2v) is 7.42. The van der Waals surface area contributed by atoms with Crippen molar-refractivity contribution in [3.63, 3.8) is 0 Å². The number of fused-ring (bicyclic) bond motifs is 2. The van der Waals surface area contributed by atoms with E-state index in [1.165, 1.54) is 4.90 Å². The largest absolute Gasteiger partial charge is 0.482 e. The van der Waals surface area contributed by atoms with E-state index in [1.807, 2.05) is 16.5 Å². The Morgan fingerprint density at radius 1 is 1.26 bits per heavy atom. The Morgan fingerprint density at radius 3 is 2.85 bits per heavy atom. The van der Waals surface area contributed by atoms with Crippen molar-refractivity contribution in [3.8, 4) is 5.75 Å². The van der Waals surface area contributed by atoms with Crippen molar-refractivity contribution in [3.05, 3.63) is 35.4 Å². The highest BCUT2D eigenvalue weighted by molar-refractivity contribution is 6.01. The second kappa shape index (κ2) is 5.80. The van der Waals surface area contributed by atoms with Crippen LogP contribution < -0.4 is 9.64 Å². The summed E-state index contributed by atoms with van der Waals surface area (Å²) in [6.07, 6.45) is 2.31. The van der Waals surface area contributed by atoms with E-state index in [-0.39, 0.29) is 24.5 Å². The van der Waals surface area contributed by atoms with Gasteiger partial charge in [0.15, 0.2) is 12.4 Å². The van der Waals surface area contributed by atoms with Crippen LogP contribution in [0.25, 0.3) is 0 Å². The Kier molecular flexibility index (Phi) is 3.50. The molecule has 0 saturated heterocycles. The van der Waals surface area contributed by atoms with Crippen molar-refractivity contribution in [2.24, 2.45) is 0 Å². The van der Waals surface area contributed by atoms with E-state index in [4.69, 9.17) is 9.72 Å². The lowest BCUT2D eigenvalue weighted by Crippen LogP contribution is -2.41. The van der Waals surface area contributed by atoms with Crippen molar-refractivity contribution in [2.75, 3.05) is 25.1 Å². The third kappa shape index (κ3) is 2.58. The second-order valence-electron chi connectivity index (χ2n) is 7.42. The van der Waals surface area contributed by atoms with Gasteiger partial charge in [0.25, 0.3) is 11.8 Å². The molecular weight excluding hydrogens is 346 g/mol. The van der Waals surface area contributed by atoms with Gasteiger partial charge in [0, 0.05) is 25.1 Å². The molecule has 8 heteroatoms. The van der Waals surface area contributed by atoms with Gasteiger partial charge in [-0.1, -0.05) is 0 Å². The normalized spacial score (nSPS) is 21.6. The summed E-state index contributed by atoms with van der Waals surface area (Å²) >= 11 is 0. The molecule has 2 aromatic rings. The summed E-state index contributed by atoms with van der Waals surface area (Å²) in [4.78, 5) is 33.1. The number of ether oxygens (including phenoxy) is 1. The predicted molar refractivity (Wildman–Crippen MR) is 96.8 cm³/mol. The standard InChI is InChI=1S/C19H21N5O3/c1-11-18-20-17(12-3-4-12)21-24(18)8-7-23(11)19(26)13-5-6-15-14(9-13)22(2)16(25)10-27-15/h5-6,9,11-12H,3-4,7-8,10H2,1-2H3/t11-/m1/s1. The SMILES string of the molecule is C[C@@H]1c2nc(C3CC3)nn2CCN1C(=O)c1ccc2c(c1)N(C)C(=O)CO2. The van der Waals surface area contributed by atoms with E-state index in [0.29, 0.717) is 36.0 Å². The first-order valence-corrected chi connectivity index (χ1v) is 9.32. The smallest absolute Gasteiger partial charge is 0.264 e. The molecule has 0 unspecified atom stereocenters. The minimum absolute atomic E-state index is 0.0267. The van der Waals surface area contributed by atoms with Crippen LogP contribution in [-0.2, 0) is 11.3 Å². The van der Waals surface area contributed by atoms with E-state index in [1.54, 1.807) is 25.2 Å². The number of likely N-dealkylation sites (N-methyl/N-ethyl adjacent to an activating group) is 1. The summed E-state index contributed by atoms with van der Waals surface area (Å²) in [5.74, 6) is 2.68. The number of benzene rings is 1. The molecule has 140 valence electrons. The van der Waals surface area contributed by atoms with E-state index in [2.05, 4.69) is 5.10 Å². The maximum absolute atomic E-state index is 13.2. The highest BCUT2D eigenvalue weighted by Gasteiger charge is 2.35. The van der Waals surface area contributed by atoms with Crippen molar-refractivity contribution >= 4 is 17.5 Å². The number of rotatable bonds is 2. The molecular formula is C19H21N5O3. The first-order chi connectivity index (χ1) is 13.0. The van der Waals surface area contributed by atoms with E-state index >= 15 is 0 Å². The van der Waals surface area contributed by atoms with Gasteiger partial charge in [-0.25, -0.2) is 9.67 Å². The number of anilines is 1. The lowest BCUT2D eigenvalue weighted by Gasteiger charge is -2.33. The number of amides is 2. The number of aromatic nitrogens is 3. The Morgan fingerprint density at radius 2 is 2.07 bits per heavy atom. The number of hydrogen-bond donors (Lipinski definition) is 0. The topological polar surface area (TPSA) is 80.6 Å². The Hall–Kier alpha value is -2.90. The van der Waals surface area contributed by atoms with Crippen LogP contribution in [0.5, 0.6) is 5.75 Å². The molecule has 5 rings (SSSR count). The molecule has 1 saturated carbocycles. The summed E-state index contributed by atoms with van der Waals surface area (Å²) in [7, 11) is 1.70. The van der Waals surface area contributed by atoms with E-state index in [0.717, 1.165) is 24.5 Å². The molecule has 27 heavy (non-hydrogen) atoms. The maximum Gasteiger partial charge on any atom is 0.264 e. The summed E-state index contributed by atoms with van der Waals surface area (Å²) in [5.41, 5.74) is 1.17. The molecule has 0 radical (unpaired) electrons. The minimum atomic E-state index is -0.141. The monoisotopic (exact) mass is 367 g/mol. The predicted octanol–water partition coefficient (Wildman–Crippen LogP) is 1.73. The molecule has 1 aliphatic carbocycles. The van der Waals surface area contributed by atoms with Gasteiger partial charge in [-0.3, -0.25) is 9.59 Å². The van der Waals surface area contributed by atoms with Gasteiger partial charge in [-0.2, -0.15) is 5.10 Å². The molecule has 8 nitrogen and oxygen atoms in total. The quantitative estimate of drug-likeness (QED) is 0.807. The molecule has 3 heterocycles. The van der Waals surface area contributed by atoms with E-state index < -0.39 is 0 Å². The Labute approximate surface area is 156 Å². The lowest BCUT2D eigenvalue weighted by atomic mass is 10.1. The molecule has 1 fully saturated rings. The Balaban J connectivity index is 1.43. The molecule has 0 N–H and O–H groups in total.